The standard InChI is InChI=1S/C13H27N3O/c1-10(2)8-12-14-9-13(17)16(12)11(3)6-7-15(4)5/h10-12,14H,6-9H2,1-5H3. The Morgan fingerprint density at radius 3 is 2.59 bits per heavy atom. The van der Waals surface area contributed by atoms with Crippen LogP contribution in [0.1, 0.15) is 33.6 Å². The first-order valence-electron chi connectivity index (χ1n) is 6.61. The van der Waals surface area contributed by atoms with Gasteiger partial charge in [-0.15, -0.1) is 0 Å². The van der Waals surface area contributed by atoms with E-state index in [0.717, 1.165) is 19.4 Å². The summed E-state index contributed by atoms with van der Waals surface area (Å²) in [6.45, 7) is 8.09. The van der Waals surface area contributed by atoms with Crippen LogP contribution in [0.4, 0.5) is 0 Å². The van der Waals surface area contributed by atoms with Crippen LogP contribution >= 0.6 is 0 Å². The predicted octanol–water partition coefficient (Wildman–Crippen LogP) is 1.13. The average Bonchev–Trinajstić information content (AvgIpc) is 2.55. The van der Waals surface area contributed by atoms with Crippen LogP contribution in [0.15, 0.2) is 0 Å². The number of hydrogen-bond acceptors (Lipinski definition) is 3. The molecule has 4 heteroatoms. The van der Waals surface area contributed by atoms with Gasteiger partial charge in [-0.3, -0.25) is 10.1 Å². The third-order valence-corrected chi connectivity index (χ3v) is 3.28. The van der Waals surface area contributed by atoms with Gasteiger partial charge in [0.05, 0.1) is 12.7 Å². The van der Waals surface area contributed by atoms with Crippen molar-refractivity contribution in [1.82, 2.24) is 15.1 Å². The Kier molecular flexibility index (Phi) is 5.40. The fourth-order valence-corrected chi connectivity index (χ4v) is 2.35. The van der Waals surface area contributed by atoms with Crippen molar-refractivity contribution in [3.05, 3.63) is 0 Å². The van der Waals surface area contributed by atoms with Crippen LogP contribution in [0.25, 0.3) is 0 Å². The second-order valence-corrected chi connectivity index (χ2v) is 5.77. The van der Waals surface area contributed by atoms with Crippen LogP contribution in [-0.4, -0.2) is 55.1 Å². The van der Waals surface area contributed by atoms with Crippen molar-refractivity contribution >= 4 is 5.91 Å². The molecule has 0 radical (unpaired) electrons. The van der Waals surface area contributed by atoms with Crippen molar-refractivity contribution in [1.29, 1.82) is 0 Å². The molecule has 0 aromatic rings. The van der Waals surface area contributed by atoms with Crippen molar-refractivity contribution < 1.29 is 4.79 Å². The molecule has 100 valence electrons. The average molecular weight is 241 g/mol. The van der Waals surface area contributed by atoms with Crippen molar-refractivity contribution in [2.45, 2.75) is 45.8 Å². The number of hydrogen-bond donors (Lipinski definition) is 1. The summed E-state index contributed by atoms with van der Waals surface area (Å²) in [6, 6.07) is 0.323. The summed E-state index contributed by atoms with van der Waals surface area (Å²) in [5.74, 6) is 0.865. The van der Waals surface area contributed by atoms with Gasteiger partial charge >= 0.3 is 0 Å². The van der Waals surface area contributed by atoms with E-state index in [0.29, 0.717) is 18.5 Å². The van der Waals surface area contributed by atoms with Gasteiger partial charge in [0, 0.05) is 6.04 Å². The molecule has 0 saturated carbocycles. The molecule has 1 heterocycles. The summed E-state index contributed by atoms with van der Waals surface area (Å²) < 4.78 is 0. The maximum atomic E-state index is 11.9. The first-order chi connectivity index (χ1) is 7.91. The fourth-order valence-electron chi connectivity index (χ4n) is 2.35. The number of carbonyl (C=O) groups excluding carboxylic acids is 1. The highest BCUT2D eigenvalue weighted by Crippen LogP contribution is 2.18. The van der Waals surface area contributed by atoms with Crippen LogP contribution in [0.5, 0.6) is 0 Å². The molecule has 1 rings (SSSR count). The van der Waals surface area contributed by atoms with Crippen molar-refractivity contribution in [2.75, 3.05) is 27.2 Å². The van der Waals surface area contributed by atoms with E-state index in [1.165, 1.54) is 0 Å². The number of carbonyl (C=O) groups is 1. The smallest absolute Gasteiger partial charge is 0.238 e. The first-order valence-corrected chi connectivity index (χ1v) is 6.61. The van der Waals surface area contributed by atoms with Gasteiger partial charge in [-0.1, -0.05) is 13.8 Å². The Morgan fingerprint density at radius 2 is 2.06 bits per heavy atom. The quantitative estimate of drug-likeness (QED) is 0.757. The molecule has 2 atom stereocenters. The van der Waals surface area contributed by atoms with E-state index in [1.54, 1.807) is 0 Å². The molecule has 1 aliphatic heterocycles. The highest BCUT2D eigenvalue weighted by molar-refractivity contribution is 5.80. The van der Waals surface area contributed by atoms with E-state index >= 15 is 0 Å². The van der Waals surface area contributed by atoms with Crippen LogP contribution in [0, 0.1) is 5.92 Å². The summed E-state index contributed by atoms with van der Waals surface area (Å²) >= 11 is 0. The molecule has 0 bridgehead atoms. The molecule has 2 unspecified atom stereocenters. The minimum absolute atomic E-state index is 0.236. The monoisotopic (exact) mass is 241 g/mol. The molecule has 4 nitrogen and oxygen atoms in total. The summed E-state index contributed by atoms with van der Waals surface area (Å²) in [5, 5.41) is 3.32. The lowest BCUT2D eigenvalue weighted by Crippen LogP contribution is -2.44. The normalized spacial score (nSPS) is 22.9. The number of rotatable bonds is 6. The van der Waals surface area contributed by atoms with Gasteiger partial charge in [0.25, 0.3) is 0 Å². The van der Waals surface area contributed by atoms with Crippen molar-refractivity contribution in [3.63, 3.8) is 0 Å². The molecule has 1 N–H and O–H groups in total. The molecule has 1 fully saturated rings. The van der Waals surface area contributed by atoms with Crippen LogP contribution in [0.3, 0.4) is 0 Å². The summed E-state index contributed by atoms with van der Waals surface area (Å²) in [5.41, 5.74) is 0. The minimum atomic E-state index is 0.236. The molecule has 1 saturated heterocycles. The molecule has 17 heavy (non-hydrogen) atoms. The Bertz CT molecular complexity index is 253. The van der Waals surface area contributed by atoms with Gasteiger partial charge in [0.15, 0.2) is 0 Å². The predicted molar refractivity (Wildman–Crippen MR) is 70.7 cm³/mol. The molecule has 0 aliphatic carbocycles. The topological polar surface area (TPSA) is 35.6 Å². The Hall–Kier alpha value is -0.610. The fraction of sp³-hybridized carbons (Fsp3) is 0.923. The highest BCUT2D eigenvalue weighted by atomic mass is 16.2. The van der Waals surface area contributed by atoms with Crippen molar-refractivity contribution in [3.8, 4) is 0 Å². The SMILES string of the molecule is CC(C)CC1NCC(=O)N1C(C)CCN(C)C. The molecule has 0 spiro atoms. The lowest BCUT2D eigenvalue weighted by atomic mass is 10.1. The molecular weight excluding hydrogens is 214 g/mol. The van der Waals surface area contributed by atoms with E-state index in [4.69, 9.17) is 0 Å². The van der Waals surface area contributed by atoms with Crippen LogP contribution in [-0.2, 0) is 4.79 Å². The summed E-state index contributed by atoms with van der Waals surface area (Å²) in [7, 11) is 4.14. The lowest BCUT2D eigenvalue weighted by molar-refractivity contribution is -0.130. The van der Waals surface area contributed by atoms with Crippen LogP contribution in [0.2, 0.25) is 0 Å². The number of amides is 1. The zero-order valence-electron chi connectivity index (χ0n) is 11.9. The van der Waals surface area contributed by atoms with Gasteiger partial charge in [-0.05, 0) is 46.3 Å². The van der Waals surface area contributed by atoms with E-state index in [9.17, 15) is 4.79 Å². The zero-order valence-corrected chi connectivity index (χ0v) is 11.9. The molecule has 0 aromatic carbocycles. The Morgan fingerprint density at radius 1 is 1.41 bits per heavy atom. The van der Waals surface area contributed by atoms with Crippen LogP contribution < -0.4 is 5.32 Å². The molecule has 1 aliphatic rings. The third-order valence-electron chi connectivity index (χ3n) is 3.28. The Balaban J connectivity index is 2.54. The maximum absolute atomic E-state index is 11.9. The first kappa shape index (κ1) is 14.5. The Labute approximate surface area is 105 Å². The van der Waals surface area contributed by atoms with E-state index in [2.05, 4.69) is 45.1 Å². The van der Waals surface area contributed by atoms with E-state index < -0.39 is 0 Å². The lowest BCUT2D eigenvalue weighted by Gasteiger charge is -2.32. The molecule has 1 amide bonds. The van der Waals surface area contributed by atoms with E-state index in [1.807, 2.05) is 4.90 Å². The molecule has 0 aromatic heterocycles. The second kappa shape index (κ2) is 6.36. The maximum Gasteiger partial charge on any atom is 0.238 e. The molecular formula is C13H27N3O. The zero-order chi connectivity index (χ0) is 13.0. The van der Waals surface area contributed by atoms with Gasteiger partial charge in [-0.2, -0.15) is 0 Å². The highest BCUT2D eigenvalue weighted by Gasteiger charge is 2.33. The van der Waals surface area contributed by atoms with Crippen molar-refractivity contribution in [2.24, 2.45) is 5.92 Å². The summed E-state index contributed by atoms with van der Waals surface area (Å²) in [6.07, 6.45) is 2.31. The number of nitrogens with one attached hydrogen (secondary N) is 1. The van der Waals surface area contributed by atoms with Gasteiger partial charge in [0.2, 0.25) is 5.91 Å². The number of nitrogens with zero attached hydrogens (tertiary/aromatic N) is 2. The largest absolute Gasteiger partial charge is 0.323 e. The van der Waals surface area contributed by atoms with Gasteiger partial charge < -0.3 is 9.80 Å². The third kappa shape index (κ3) is 4.28. The summed E-state index contributed by atoms with van der Waals surface area (Å²) in [4.78, 5) is 16.1. The van der Waals surface area contributed by atoms with Gasteiger partial charge in [0.1, 0.15) is 0 Å². The second-order valence-electron chi connectivity index (χ2n) is 5.77. The van der Waals surface area contributed by atoms with Gasteiger partial charge in [-0.25, -0.2) is 0 Å². The minimum Gasteiger partial charge on any atom is -0.323 e. The van der Waals surface area contributed by atoms with E-state index in [-0.39, 0.29) is 12.1 Å².